The molecule has 0 saturated carbocycles. The van der Waals surface area contributed by atoms with Gasteiger partial charge in [0.15, 0.2) is 5.78 Å². The number of rotatable bonds is 5. The number of epoxide rings is 1. The maximum atomic E-state index is 12.2. The molecule has 0 radical (unpaired) electrons. The lowest BCUT2D eigenvalue weighted by molar-refractivity contribution is 0.103. The topological polar surface area (TPSA) is 59.1 Å². The molecule has 1 atom stereocenters. The Labute approximate surface area is 116 Å². The van der Waals surface area contributed by atoms with Crippen molar-refractivity contribution in [1.29, 1.82) is 0 Å². The molecule has 1 heterocycles. The van der Waals surface area contributed by atoms with Crippen LogP contribution in [-0.2, 0) is 4.74 Å². The molecule has 0 amide bonds. The van der Waals surface area contributed by atoms with Gasteiger partial charge in [-0.15, -0.1) is 0 Å². The Kier molecular flexibility index (Phi) is 3.39. The van der Waals surface area contributed by atoms with Crippen LogP contribution in [0.1, 0.15) is 15.9 Å². The van der Waals surface area contributed by atoms with E-state index in [1.54, 1.807) is 36.4 Å². The standard InChI is InChI=1S/C16H14O4/c17-13-5-1-11(2-6-13)16(18)12-3-7-14(8-4-12)19-9-15-10-20-15/h1-8,15,17H,9-10H2. The largest absolute Gasteiger partial charge is 0.508 e. The summed E-state index contributed by atoms with van der Waals surface area (Å²) in [6.45, 7) is 1.31. The van der Waals surface area contributed by atoms with Gasteiger partial charge in [-0.05, 0) is 48.5 Å². The van der Waals surface area contributed by atoms with Crippen LogP contribution in [0, 0.1) is 0 Å². The first-order chi connectivity index (χ1) is 9.72. The molecule has 2 aromatic rings. The second-order valence-electron chi connectivity index (χ2n) is 4.67. The van der Waals surface area contributed by atoms with Crippen molar-refractivity contribution in [3.63, 3.8) is 0 Å². The van der Waals surface area contributed by atoms with Crippen LogP contribution in [0.4, 0.5) is 0 Å². The molecule has 1 aliphatic rings. The SMILES string of the molecule is O=C(c1ccc(O)cc1)c1ccc(OCC2CO2)cc1. The molecular formula is C16H14O4. The predicted octanol–water partition coefficient (Wildman–Crippen LogP) is 2.40. The number of aromatic hydroxyl groups is 1. The summed E-state index contributed by atoms with van der Waals surface area (Å²) in [7, 11) is 0. The molecular weight excluding hydrogens is 256 g/mol. The van der Waals surface area contributed by atoms with Crippen molar-refractivity contribution in [2.24, 2.45) is 0 Å². The van der Waals surface area contributed by atoms with E-state index >= 15 is 0 Å². The van der Waals surface area contributed by atoms with Crippen molar-refractivity contribution in [2.75, 3.05) is 13.2 Å². The van der Waals surface area contributed by atoms with Gasteiger partial charge < -0.3 is 14.6 Å². The molecule has 102 valence electrons. The Balaban J connectivity index is 1.69. The normalized spacial score (nSPS) is 16.7. The van der Waals surface area contributed by atoms with Crippen LogP contribution in [0.2, 0.25) is 0 Å². The maximum absolute atomic E-state index is 12.2. The van der Waals surface area contributed by atoms with Gasteiger partial charge in [0.2, 0.25) is 0 Å². The van der Waals surface area contributed by atoms with E-state index in [-0.39, 0.29) is 17.6 Å². The van der Waals surface area contributed by atoms with Gasteiger partial charge in [-0.2, -0.15) is 0 Å². The summed E-state index contributed by atoms with van der Waals surface area (Å²) in [5.41, 5.74) is 1.13. The average molecular weight is 270 g/mol. The fraction of sp³-hybridized carbons (Fsp3) is 0.188. The number of hydrogen-bond donors (Lipinski definition) is 1. The molecule has 0 bridgehead atoms. The van der Waals surface area contributed by atoms with Gasteiger partial charge in [-0.1, -0.05) is 0 Å². The molecule has 0 spiro atoms. The zero-order chi connectivity index (χ0) is 13.9. The minimum Gasteiger partial charge on any atom is -0.508 e. The van der Waals surface area contributed by atoms with Gasteiger partial charge in [-0.3, -0.25) is 4.79 Å². The van der Waals surface area contributed by atoms with Crippen LogP contribution in [0.3, 0.4) is 0 Å². The van der Waals surface area contributed by atoms with Crippen molar-refractivity contribution >= 4 is 5.78 Å². The molecule has 4 nitrogen and oxygen atoms in total. The van der Waals surface area contributed by atoms with Gasteiger partial charge in [0.1, 0.15) is 24.2 Å². The molecule has 1 unspecified atom stereocenters. The fourth-order valence-corrected chi connectivity index (χ4v) is 1.84. The van der Waals surface area contributed by atoms with E-state index in [0.29, 0.717) is 17.7 Å². The lowest BCUT2D eigenvalue weighted by Gasteiger charge is -2.05. The monoisotopic (exact) mass is 270 g/mol. The van der Waals surface area contributed by atoms with Crippen LogP contribution in [0.25, 0.3) is 0 Å². The molecule has 4 heteroatoms. The zero-order valence-electron chi connectivity index (χ0n) is 10.8. The number of benzene rings is 2. The lowest BCUT2D eigenvalue weighted by Crippen LogP contribution is -2.05. The van der Waals surface area contributed by atoms with E-state index in [9.17, 15) is 9.90 Å². The van der Waals surface area contributed by atoms with Crippen molar-refractivity contribution < 1.29 is 19.4 Å². The van der Waals surface area contributed by atoms with Crippen LogP contribution in [0.5, 0.6) is 11.5 Å². The maximum Gasteiger partial charge on any atom is 0.193 e. The minimum absolute atomic E-state index is 0.0814. The molecule has 1 aliphatic heterocycles. The number of phenols is 1. The van der Waals surface area contributed by atoms with Gasteiger partial charge in [-0.25, -0.2) is 0 Å². The highest BCUT2D eigenvalue weighted by atomic mass is 16.6. The van der Waals surface area contributed by atoms with Crippen molar-refractivity contribution in [2.45, 2.75) is 6.10 Å². The van der Waals surface area contributed by atoms with Crippen LogP contribution >= 0.6 is 0 Å². The number of phenolic OH excluding ortho intramolecular Hbond substituents is 1. The second-order valence-corrected chi connectivity index (χ2v) is 4.67. The summed E-state index contributed by atoms with van der Waals surface area (Å²) in [5, 5.41) is 9.22. The predicted molar refractivity (Wildman–Crippen MR) is 73.2 cm³/mol. The van der Waals surface area contributed by atoms with Crippen LogP contribution in [-0.4, -0.2) is 30.2 Å². The lowest BCUT2D eigenvalue weighted by atomic mass is 10.0. The molecule has 20 heavy (non-hydrogen) atoms. The Hall–Kier alpha value is -2.33. The average Bonchev–Trinajstić information content (AvgIpc) is 3.30. The summed E-state index contributed by atoms with van der Waals surface area (Å²) in [6, 6.07) is 13.2. The molecule has 0 aromatic heterocycles. The molecule has 3 rings (SSSR count). The number of ether oxygens (including phenoxy) is 2. The van der Waals surface area contributed by atoms with Crippen molar-refractivity contribution in [1.82, 2.24) is 0 Å². The van der Waals surface area contributed by atoms with Gasteiger partial charge in [0, 0.05) is 11.1 Å². The Bertz CT molecular complexity index is 597. The second kappa shape index (κ2) is 5.35. The van der Waals surface area contributed by atoms with E-state index in [1.165, 1.54) is 12.1 Å². The van der Waals surface area contributed by atoms with Gasteiger partial charge in [0.25, 0.3) is 0 Å². The third kappa shape index (κ3) is 2.97. The summed E-state index contributed by atoms with van der Waals surface area (Å²) < 4.78 is 10.6. The number of carbonyl (C=O) groups is 1. The van der Waals surface area contributed by atoms with Gasteiger partial charge >= 0.3 is 0 Å². The molecule has 1 fully saturated rings. The highest BCUT2D eigenvalue weighted by molar-refractivity contribution is 6.09. The quantitative estimate of drug-likeness (QED) is 0.669. The van der Waals surface area contributed by atoms with E-state index < -0.39 is 0 Å². The molecule has 1 N–H and O–H groups in total. The van der Waals surface area contributed by atoms with Crippen molar-refractivity contribution in [3.8, 4) is 11.5 Å². The van der Waals surface area contributed by atoms with E-state index in [0.717, 1.165) is 12.4 Å². The van der Waals surface area contributed by atoms with Gasteiger partial charge in [0.05, 0.1) is 6.61 Å². The van der Waals surface area contributed by atoms with Crippen molar-refractivity contribution in [3.05, 3.63) is 59.7 Å². The minimum atomic E-state index is -0.0814. The Morgan fingerprint density at radius 1 is 1.10 bits per heavy atom. The first-order valence-electron chi connectivity index (χ1n) is 6.40. The first kappa shape index (κ1) is 12.7. The number of hydrogen-bond acceptors (Lipinski definition) is 4. The molecule has 0 aliphatic carbocycles. The summed E-state index contributed by atoms with van der Waals surface area (Å²) in [5.74, 6) is 0.789. The summed E-state index contributed by atoms with van der Waals surface area (Å²) in [6.07, 6.45) is 0.216. The third-order valence-electron chi connectivity index (χ3n) is 3.08. The van der Waals surface area contributed by atoms with E-state index in [1.807, 2.05) is 0 Å². The Morgan fingerprint density at radius 3 is 2.20 bits per heavy atom. The third-order valence-corrected chi connectivity index (χ3v) is 3.08. The zero-order valence-corrected chi connectivity index (χ0v) is 10.8. The number of carbonyl (C=O) groups excluding carboxylic acids is 1. The molecule has 1 saturated heterocycles. The smallest absolute Gasteiger partial charge is 0.193 e. The highest BCUT2D eigenvalue weighted by Gasteiger charge is 2.23. The number of ketones is 1. The highest BCUT2D eigenvalue weighted by Crippen LogP contribution is 2.18. The Morgan fingerprint density at radius 2 is 1.65 bits per heavy atom. The summed E-state index contributed by atoms with van der Waals surface area (Å²) >= 11 is 0. The van der Waals surface area contributed by atoms with Crippen LogP contribution < -0.4 is 4.74 Å². The first-order valence-corrected chi connectivity index (χ1v) is 6.40. The summed E-state index contributed by atoms with van der Waals surface area (Å²) in [4.78, 5) is 12.2. The van der Waals surface area contributed by atoms with Crippen LogP contribution in [0.15, 0.2) is 48.5 Å². The molecule has 2 aromatic carbocycles. The van der Waals surface area contributed by atoms with E-state index in [4.69, 9.17) is 9.47 Å². The fourth-order valence-electron chi connectivity index (χ4n) is 1.84. The van der Waals surface area contributed by atoms with E-state index in [2.05, 4.69) is 0 Å².